The number of nitrogens with one attached hydrogen (secondary N) is 1. The molecule has 0 aliphatic rings. The Morgan fingerprint density at radius 1 is 1.20 bits per heavy atom. The SMILES string of the molecule is COc1cc(C=C(C#N)C(=O)Nc2nnc(C(C)C)s2)cc(Br)c1OCCOc1ccccc1C. The lowest BCUT2D eigenvalue weighted by molar-refractivity contribution is -0.112. The van der Waals surface area contributed by atoms with E-state index in [9.17, 15) is 10.1 Å². The van der Waals surface area contributed by atoms with Crippen LogP contribution in [0.3, 0.4) is 0 Å². The standard InChI is InChI=1S/C25H25BrN4O4S/c1-15(2)24-29-30-25(35-24)28-23(31)18(14-27)11-17-12-19(26)22(21(13-17)32-4)34-10-9-33-20-8-6-5-7-16(20)3/h5-8,11-13,15H,9-10H2,1-4H3,(H,28,30,31). The molecule has 0 spiro atoms. The van der Waals surface area contributed by atoms with Gasteiger partial charge in [-0.05, 0) is 58.3 Å². The molecule has 2 aromatic carbocycles. The molecule has 0 radical (unpaired) electrons. The van der Waals surface area contributed by atoms with Crippen molar-refractivity contribution in [3.63, 3.8) is 0 Å². The van der Waals surface area contributed by atoms with E-state index in [1.165, 1.54) is 24.5 Å². The summed E-state index contributed by atoms with van der Waals surface area (Å²) in [6.45, 7) is 6.61. The summed E-state index contributed by atoms with van der Waals surface area (Å²) in [5.41, 5.74) is 1.55. The van der Waals surface area contributed by atoms with Crippen molar-refractivity contribution < 1.29 is 19.0 Å². The molecule has 0 aliphatic carbocycles. The highest BCUT2D eigenvalue weighted by Crippen LogP contribution is 2.37. The number of para-hydroxylation sites is 1. The number of halogens is 1. The Morgan fingerprint density at radius 3 is 2.60 bits per heavy atom. The lowest BCUT2D eigenvalue weighted by atomic mass is 10.1. The first kappa shape index (κ1) is 26.2. The Morgan fingerprint density at radius 2 is 1.94 bits per heavy atom. The number of rotatable bonds is 10. The molecule has 0 bridgehead atoms. The molecule has 1 N–H and O–H groups in total. The third-order valence-electron chi connectivity index (χ3n) is 4.76. The third-order valence-corrected chi connectivity index (χ3v) is 6.49. The molecule has 1 heterocycles. The van der Waals surface area contributed by atoms with Crippen LogP contribution in [-0.4, -0.2) is 36.4 Å². The molecule has 1 aromatic heterocycles. The molecule has 0 atom stereocenters. The van der Waals surface area contributed by atoms with Crippen molar-refractivity contribution >= 4 is 44.4 Å². The number of amides is 1. The van der Waals surface area contributed by atoms with E-state index in [1.54, 1.807) is 12.1 Å². The van der Waals surface area contributed by atoms with E-state index in [1.807, 2.05) is 51.1 Å². The zero-order valence-electron chi connectivity index (χ0n) is 19.8. The summed E-state index contributed by atoms with van der Waals surface area (Å²) in [4.78, 5) is 12.6. The van der Waals surface area contributed by atoms with Gasteiger partial charge in [0.15, 0.2) is 11.5 Å². The summed E-state index contributed by atoms with van der Waals surface area (Å²) in [6, 6.07) is 13.1. The second-order valence-electron chi connectivity index (χ2n) is 7.72. The molecule has 0 aliphatic heterocycles. The normalized spacial score (nSPS) is 11.2. The number of carbonyl (C=O) groups is 1. The van der Waals surface area contributed by atoms with Gasteiger partial charge in [-0.3, -0.25) is 10.1 Å². The number of nitriles is 1. The van der Waals surface area contributed by atoms with Gasteiger partial charge in [0.2, 0.25) is 5.13 Å². The first-order chi connectivity index (χ1) is 16.8. The number of hydrogen-bond acceptors (Lipinski definition) is 8. The lowest BCUT2D eigenvalue weighted by Gasteiger charge is -2.14. The molecule has 3 aromatic rings. The number of carbonyl (C=O) groups excluding carboxylic acids is 1. The van der Waals surface area contributed by atoms with Gasteiger partial charge in [0.25, 0.3) is 5.91 Å². The maximum Gasteiger partial charge on any atom is 0.268 e. The first-order valence-corrected chi connectivity index (χ1v) is 12.4. The lowest BCUT2D eigenvalue weighted by Crippen LogP contribution is -2.13. The molecule has 8 nitrogen and oxygen atoms in total. The fourth-order valence-corrected chi connectivity index (χ4v) is 4.29. The second kappa shape index (κ2) is 12.3. The van der Waals surface area contributed by atoms with Crippen molar-refractivity contribution in [1.82, 2.24) is 10.2 Å². The van der Waals surface area contributed by atoms with Gasteiger partial charge >= 0.3 is 0 Å². The maximum atomic E-state index is 12.6. The average Bonchev–Trinajstić information content (AvgIpc) is 3.30. The van der Waals surface area contributed by atoms with Crippen LogP contribution in [0.15, 0.2) is 46.4 Å². The number of methoxy groups -OCH3 is 1. The fourth-order valence-electron chi connectivity index (χ4n) is 2.98. The summed E-state index contributed by atoms with van der Waals surface area (Å²) in [5.74, 6) is 1.38. The van der Waals surface area contributed by atoms with Crippen molar-refractivity contribution in [3.8, 4) is 23.3 Å². The summed E-state index contributed by atoms with van der Waals surface area (Å²) in [6.07, 6.45) is 1.47. The molecule has 0 unspecified atom stereocenters. The average molecular weight is 557 g/mol. The van der Waals surface area contributed by atoms with Gasteiger partial charge in [-0.15, -0.1) is 10.2 Å². The number of nitrogens with zero attached hydrogens (tertiary/aromatic N) is 3. The Balaban J connectivity index is 1.69. The van der Waals surface area contributed by atoms with E-state index in [0.29, 0.717) is 39.9 Å². The Bertz CT molecular complexity index is 1270. The van der Waals surface area contributed by atoms with E-state index >= 15 is 0 Å². The van der Waals surface area contributed by atoms with Crippen LogP contribution in [0.2, 0.25) is 0 Å². The maximum absolute atomic E-state index is 12.6. The van der Waals surface area contributed by atoms with Gasteiger partial charge in [0.1, 0.15) is 35.6 Å². The molecular weight excluding hydrogens is 532 g/mol. The van der Waals surface area contributed by atoms with Gasteiger partial charge in [0, 0.05) is 5.92 Å². The van der Waals surface area contributed by atoms with Crippen LogP contribution in [0.25, 0.3) is 6.08 Å². The highest BCUT2D eigenvalue weighted by Gasteiger charge is 2.16. The largest absolute Gasteiger partial charge is 0.493 e. The van der Waals surface area contributed by atoms with Gasteiger partial charge in [-0.2, -0.15) is 5.26 Å². The van der Waals surface area contributed by atoms with Gasteiger partial charge < -0.3 is 14.2 Å². The molecule has 0 saturated carbocycles. The summed E-state index contributed by atoms with van der Waals surface area (Å²) >= 11 is 4.77. The van der Waals surface area contributed by atoms with Crippen LogP contribution in [0.4, 0.5) is 5.13 Å². The third kappa shape index (κ3) is 7.04. The number of anilines is 1. The smallest absolute Gasteiger partial charge is 0.268 e. The Hall–Kier alpha value is -3.42. The summed E-state index contributed by atoms with van der Waals surface area (Å²) in [5, 5.41) is 21.3. The van der Waals surface area contributed by atoms with Gasteiger partial charge in [-0.1, -0.05) is 43.4 Å². The van der Waals surface area contributed by atoms with E-state index in [-0.39, 0.29) is 11.5 Å². The van der Waals surface area contributed by atoms with Gasteiger partial charge in [-0.25, -0.2) is 0 Å². The molecule has 0 saturated heterocycles. The zero-order chi connectivity index (χ0) is 25.4. The summed E-state index contributed by atoms with van der Waals surface area (Å²) in [7, 11) is 1.52. The first-order valence-electron chi connectivity index (χ1n) is 10.8. The van der Waals surface area contributed by atoms with Crippen molar-refractivity contribution in [2.45, 2.75) is 26.7 Å². The van der Waals surface area contributed by atoms with E-state index in [4.69, 9.17) is 14.2 Å². The van der Waals surface area contributed by atoms with Crippen LogP contribution < -0.4 is 19.5 Å². The quantitative estimate of drug-likeness (QED) is 0.192. The number of benzene rings is 2. The van der Waals surface area contributed by atoms with Crippen LogP contribution in [0.5, 0.6) is 17.2 Å². The minimum absolute atomic E-state index is 0.0828. The van der Waals surface area contributed by atoms with Crippen LogP contribution >= 0.6 is 27.3 Å². The van der Waals surface area contributed by atoms with Crippen molar-refractivity contribution in [2.75, 3.05) is 25.6 Å². The van der Waals surface area contributed by atoms with Gasteiger partial charge in [0.05, 0.1) is 11.6 Å². The van der Waals surface area contributed by atoms with E-state index in [2.05, 4.69) is 31.4 Å². The topological polar surface area (TPSA) is 106 Å². The number of aryl methyl sites for hydroxylation is 1. The molecule has 0 fully saturated rings. The van der Waals surface area contributed by atoms with Crippen molar-refractivity contribution in [3.05, 3.63) is 62.6 Å². The highest BCUT2D eigenvalue weighted by molar-refractivity contribution is 9.10. The van der Waals surface area contributed by atoms with Crippen LogP contribution in [-0.2, 0) is 4.79 Å². The zero-order valence-corrected chi connectivity index (χ0v) is 22.2. The van der Waals surface area contributed by atoms with E-state index < -0.39 is 5.91 Å². The number of hydrogen-bond donors (Lipinski definition) is 1. The Labute approximate surface area is 216 Å². The van der Waals surface area contributed by atoms with Crippen LogP contribution in [0.1, 0.15) is 35.9 Å². The molecule has 1 amide bonds. The molecule has 35 heavy (non-hydrogen) atoms. The Kier molecular flexibility index (Phi) is 9.23. The molecule has 10 heteroatoms. The van der Waals surface area contributed by atoms with Crippen LogP contribution in [0, 0.1) is 18.3 Å². The minimum atomic E-state index is -0.567. The number of ether oxygens (including phenoxy) is 3. The number of aromatic nitrogens is 2. The highest BCUT2D eigenvalue weighted by atomic mass is 79.9. The molecule has 182 valence electrons. The fraction of sp³-hybridized carbons (Fsp3) is 0.280. The molecule has 3 rings (SSSR count). The predicted molar refractivity (Wildman–Crippen MR) is 139 cm³/mol. The second-order valence-corrected chi connectivity index (χ2v) is 9.58. The van der Waals surface area contributed by atoms with Crippen molar-refractivity contribution in [1.29, 1.82) is 5.26 Å². The minimum Gasteiger partial charge on any atom is -0.493 e. The summed E-state index contributed by atoms with van der Waals surface area (Å²) < 4.78 is 17.7. The molecular formula is C25H25BrN4O4S. The predicted octanol–water partition coefficient (Wildman–Crippen LogP) is 5.74. The van der Waals surface area contributed by atoms with Crippen molar-refractivity contribution in [2.24, 2.45) is 0 Å². The monoisotopic (exact) mass is 556 g/mol. The van der Waals surface area contributed by atoms with E-state index in [0.717, 1.165) is 16.3 Å².